The van der Waals surface area contributed by atoms with E-state index in [1.807, 2.05) is 0 Å². The molecule has 29 heavy (non-hydrogen) atoms. The number of halogens is 2. The van der Waals surface area contributed by atoms with E-state index < -0.39 is 15.9 Å². The molecule has 0 spiro atoms. The molecule has 0 aliphatic rings. The number of nitrogens with one attached hydrogen (secondary N) is 2. The number of sulfonamides is 1. The van der Waals surface area contributed by atoms with Crippen molar-refractivity contribution in [2.75, 3.05) is 17.1 Å². The van der Waals surface area contributed by atoms with Crippen LogP contribution in [0.1, 0.15) is 10.4 Å². The number of hydrogen-bond acceptors (Lipinski definition) is 4. The predicted octanol–water partition coefficient (Wildman–Crippen LogP) is 5.06. The molecular formula is C20H16Cl2N2O4S. The Morgan fingerprint density at radius 3 is 2.31 bits per heavy atom. The minimum Gasteiger partial charge on any atom is -0.495 e. The monoisotopic (exact) mass is 450 g/mol. The Kier molecular flexibility index (Phi) is 6.32. The van der Waals surface area contributed by atoms with E-state index in [-0.39, 0.29) is 26.2 Å². The van der Waals surface area contributed by atoms with Gasteiger partial charge >= 0.3 is 0 Å². The summed E-state index contributed by atoms with van der Waals surface area (Å²) in [5.74, 6) is -0.0328. The molecule has 0 fully saturated rings. The summed E-state index contributed by atoms with van der Waals surface area (Å²) in [5, 5.41) is 2.95. The number of benzene rings is 3. The Bertz CT molecular complexity index is 1170. The van der Waals surface area contributed by atoms with Crippen LogP contribution in [0, 0.1) is 0 Å². The molecule has 9 heteroatoms. The third-order valence-corrected chi connectivity index (χ3v) is 6.04. The molecule has 0 aliphatic carbocycles. The largest absolute Gasteiger partial charge is 0.495 e. The van der Waals surface area contributed by atoms with Crippen LogP contribution < -0.4 is 14.8 Å². The predicted molar refractivity (Wildman–Crippen MR) is 115 cm³/mol. The highest BCUT2D eigenvalue weighted by atomic mass is 35.5. The standard InChI is InChI=1S/C20H16Cl2N2O4S/c1-28-18-9-5-4-8-17(18)23-20(25)14-6-2-3-7-16(14)24-29(26,27)19-12-13(21)10-11-15(19)22/h2-12,24H,1H3,(H,23,25). The molecule has 0 heterocycles. The highest BCUT2D eigenvalue weighted by Gasteiger charge is 2.22. The first-order chi connectivity index (χ1) is 13.8. The average molecular weight is 451 g/mol. The highest BCUT2D eigenvalue weighted by Crippen LogP contribution is 2.29. The minimum absolute atomic E-state index is 0.0119. The number of rotatable bonds is 6. The lowest BCUT2D eigenvalue weighted by atomic mass is 10.1. The Hall–Kier alpha value is -2.74. The fraction of sp³-hybridized carbons (Fsp3) is 0.0500. The summed E-state index contributed by atoms with van der Waals surface area (Å²) >= 11 is 11.9. The van der Waals surface area contributed by atoms with Crippen molar-refractivity contribution >= 4 is 50.5 Å². The van der Waals surface area contributed by atoms with Crippen molar-refractivity contribution in [3.05, 3.63) is 82.3 Å². The van der Waals surface area contributed by atoms with Crippen molar-refractivity contribution in [2.24, 2.45) is 0 Å². The Morgan fingerprint density at radius 2 is 1.59 bits per heavy atom. The number of carbonyl (C=O) groups excluding carboxylic acids is 1. The van der Waals surface area contributed by atoms with E-state index in [1.54, 1.807) is 36.4 Å². The number of para-hydroxylation sites is 3. The van der Waals surface area contributed by atoms with Crippen LogP contribution in [-0.4, -0.2) is 21.4 Å². The second-order valence-corrected chi connectivity index (χ2v) is 8.37. The van der Waals surface area contributed by atoms with E-state index in [1.165, 1.54) is 37.4 Å². The van der Waals surface area contributed by atoms with Gasteiger partial charge in [-0.3, -0.25) is 9.52 Å². The average Bonchev–Trinajstić information content (AvgIpc) is 2.70. The smallest absolute Gasteiger partial charge is 0.263 e. The van der Waals surface area contributed by atoms with Crippen LogP contribution in [0.3, 0.4) is 0 Å². The Labute approximate surface area is 178 Å². The first kappa shape index (κ1) is 21.0. The van der Waals surface area contributed by atoms with Gasteiger partial charge in [0.05, 0.1) is 29.1 Å². The Morgan fingerprint density at radius 1 is 0.931 bits per heavy atom. The van der Waals surface area contributed by atoms with Gasteiger partial charge in [-0.1, -0.05) is 47.5 Å². The maximum absolute atomic E-state index is 12.8. The van der Waals surface area contributed by atoms with Crippen LogP contribution in [0.15, 0.2) is 71.6 Å². The zero-order chi connectivity index (χ0) is 21.0. The SMILES string of the molecule is COc1ccccc1NC(=O)c1ccccc1NS(=O)(=O)c1cc(Cl)ccc1Cl. The van der Waals surface area contributed by atoms with Crippen LogP contribution in [-0.2, 0) is 10.0 Å². The zero-order valence-electron chi connectivity index (χ0n) is 15.1. The van der Waals surface area contributed by atoms with Gasteiger partial charge in [-0.15, -0.1) is 0 Å². The topological polar surface area (TPSA) is 84.5 Å². The summed E-state index contributed by atoms with van der Waals surface area (Å²) in [6, 6.07) is 17.2. The highest BCUT2D eigenvalue weighted by molar-refractivity contribution is 7.92. The summed E-state index contributed by atoms with van der Waals surface area (Å²) in [5.41, 5.74) is 0.673. The quantitative estimate of drug-likeness (QED) is 0.549. The first-order valence-corrected chi connectivity index (χ1v) is 10.6. The number of methoxy groups -OCH3 is 1. The molecule has 1 amide bonds. The lowest BCUT2D eigenvalue weighted by Gasteiger charge is -2.14. The van der Waals surface area contributed by atoms with Crippen molar-refractivity contribution < 1.29 is 17.9 Å². The van der Waals surface area contributed by atoms with Gasteiger partial charge in [0.15, 0.2) is 0 Å². The summed E-state index contributed by atoms with van der Waals surface area (Å²) < 4.78 is 33.2. The van der Waals surface area contributed by atoms with Crippen LogP contribution in [0.4, 0.5) is 11.4 Å². The van der Waals surface area contributed by atoms with E-state index in [4.69, 9.17) is 27.9 Å². The number of amides is 1. The lowest BCUT2D eigenvalue weighted by Crippen LogP contribution is -2.19. The van der Waals surface area contributed by atoms with Crippen LogP contribution >= 0.6 is 23.2 Å². The summed E-state index contributed by atoms with van der Waals surface area (Å²) in [6.45, 7) is 0. The third kappa shape index (κ3) is 4.82. The summed E-state index contributed by atoms with van der Waals surface area (Å²) in [7, 11) is -2.59. The number of ether oxygens (including phenoxy) is 1. The first-order valence-electron chi connectivity index (χ1n) is 8.33. The molecule has 3 rings (SSSR count). The second-order valence-electron chi connectivity index (χ2n) is 5.88. The molecule has 150 valence electrons. The van der Waals surface area contributed by atoms with E-state index >= 15 is 0 Å². The molecule has 0 radical (unpaired) electrons. The number of carbonyl (C=O) groups is 1. The second kappa shape index (κ2) is 8.73. The number of anilines is 2. The van der Waals surface area contributed by atoms with Crippen molar-refractivity contribution in [1.82, 2.24) is 0 Å². The number of hydrogen-bond donors (Lipinski definition) is 2. The van der Waals surface area contributed by atoms with Gasteiger partial charge in [-0.25, -0.2) is 8.42 Å². The van der Waals surface area contributed by atoms with Gasteiger partial charge in [-0.05, 0) is 42.5 Å². The van der Waals surface area contributed by atoms with Gasteiger partial charge in [0.25, 0.3) is 15.9 Å². The van der Waals surface area contributed by atoms with Crippen LogP contribution in [0.2, 0.25) is 10.0 Å². The summed E-state index contributed by atoms with van der Waals surface area (Å²) in [4.78, 5) is 12.6. The van der Waals surface area contributed by atoms with Gasteiger partial charge in [0.2, 0.25) is 0 Å². The van der Waals surface area contributed by atoms with E-state index in [9.17, 15) is 13.2 Å². The van der Waals surface area contributed by atoms with E-state index in [0.29, 0.717) is 11.4 Å². The summed E-state index contributed by atoms with van der Waals surface area (Å²) in [6.07, 6.45) is 0. The maximum atomic E-state index is 12.8. The fourth-order valence-electron chi connectivity index (χ4n) is 2.59. The van der Waals surface area contributed by atoms with Crippen molar-refractivity contribution in [3.63, 3.8) is 0 Å². The molecule has 0 unspecified atom stereocenters. The lowest BCUT2D eigenvalue weighted by molar-refractivity contribution is 0.102. The van der Waals surface area contributed by atoms with Crippen molar-refractivity contribution in [1.29, 1.82) is 0 Å². The minimum atomic E-state index is -4.08. The van der Waals surface area contributed by atoms with E-state index in [2.05, 4.69) is 10.0 Å². The van der Waals surface area contributed by atoms with Gasteiger partial charge in [-0.2, -0.15) is 0 Å². The van der Waals surface area contributed by atoms with Gasteiger partial charge in [0.1, 0.15) is 10.6 Å². The van der Waals surface area contributed by atoms with E-state index in [0.717, 1.165) is 0 Å². The molecule has 0 aromatic heterocycles. The Balaban J connectivity index is 1.93. The zero-order valence-corrected chi connectivity index (χ0v) is 17.5. The van der Waals surface area contributed by atoms with Gasteiger partial charge < -0.3 is 10.1 Å². The molecule has 0 saturated carbocycles. The normalized spacial score (nSPS) is 11.0. The molecule has 0 aliphatic heterocycles. The molecule has 3 aromatic rings. The fourth-order valence-corrected chi connectivity index (χ4v) is 4.43. The van der Waals surface area contributed by atoms with Crippen molar-refractivity contribution in [2.45, 2.75) is 4.90 Å². The molecule has 0 bridgehead atoms. The van der Waals surface area contributed by atoms with Crippen LogP contribution in [0.25, 0.3) is 0 Å². The maximum Gasteiger partial charge on any atom is 0.263 e. The molecule has 6 nitrogen and oxygen atoms in total. The molecule has 3 aromatic carbocycles. The molecular weight excluding hydrogens is 435 g/mol. The molecule has 0 saturated heterocycles. The van der Waals surface area contributed by atoms with Crippen molar-refractivity contribution in [3.8, 4) is 5.75 Å². The third-order valence-electron chi connectivity index (χ3n) is 3.95. The van der Waals surface area contributed by atoms with Gasteiger partial charge in [0, 0.05) is 5.02 Å². The van der Waals surface area contributed by atoms with Crippen LogP contribution in [0.5, 0.6) is 5.75 Å². The molecule has 2 N–H and O–H groups in total. The molecule has 0 atom stereocenters.